The summed E-state index contributed by atoms with van der Waals surface area (Å²) in [5.41, 5.74) is 14.1. The Balaban J connectivity index is 0.000000150. The smallest absolute Gasteiger partial charge is 0.223 e. The predicted octanol–water partition coefficient (Wildman–Crippen LogP) is 2.52. The van der Waals surface area contributed by atoms with Gasteiger partial charge in [-0.3, -0.25) is 4.98 Å². The molecule has 1 fully saturated rings. The first kappa shape index (κ1) is 21.0. The molecule has 9 heteroatoms. The summed E-state index contributed by atoms with van der Waals surface area (Å²) in [6.45, 7) is 3.51. The van der Waals surface area contributed by atoms with Crippen LogP contribution in [0.1, 0.15) is 44.4 Å². The molecule has 4 aromatic rings. The van der Waals surface area contributed by atoms with Crippen LogP contribution in [0.15, 0.2) is 42.9 Å². The van der Waals surface area contributed by atoms with E-state index < -0.39 is 5.60 Å². The number of ether oxygens (including phenoxy) is 1. The molecular weight excluding hydrogens is 394 g/mol. The van der Waals surface area contributed by atoms with Crippen LogP contribution >= 0.6 is 0 Å². The zero-order valence-corrected chi connectivity index (χ0v) is 17.9. The highest BCUT2D eigenvalue weighted by Crippen LogP contribution is 2.37. The van der Waals surface area contributed by atoms with E-state index in [9.17, 15) is 5.11 Å². The maximum atomic E-state index is 9.78. The Hall–Kier alpha value is -3.30. The molecule has 31 heavy (non-hydrogen) atoms. The summed E-state index contributed by atoms with van der Waals surface area (Å²) in [6.07, 6.45) is 6.39. The molecule has 0 unspecified atom stereocenters. The monoisotopic (exact) mass is 421 g/mol. The molecule has 0 spiro atoms. The average molecular weight is 422 g/mol. The van der Waals surface area contributed by atoms with E-state index in [0.717, 1.165) is 29.5 Å². The zero-order chi connectivity index (χ0) is 22.2. The molecule has 1 aliphatic carbocycles. The number of hydrogen-bond acceptors (Lipinski definition) is 8. The van der Waals surface area contributed by atoms with Crippen LogP contribution in [0.5, 0.6) is 5.75 Å². The molecule has 5 N–H and O–H groups in total. The molecule has 5 rings (SSSR count). The van der Waals surface area contributed by atoms with Crippen molar-refractivity contribution in [1.29, 1.82) is 0 Å². The van der Waals surface area contributed by atoms with Gasteiger partial charge in [-0.2, -0.15) is 9.61 Å². The predicted molar refractivity (Wildman–Crippen MR) is 118 cm³/mol. The van der Waals surface area contributed by atoms with Crippen molar-refractivity contribution in [2.45, 2.75) is 44.2 Å². The first-order chi connectivity index (χ1) is 14.7. The number of benzene rings is 1. The Morgan fingerprint density at radius 3 is 2.52 bits per heavy atom. The highest BCUT2D eigenvalue weighted by atomic mass is 16.5. The van der Waals surface area contributed by atoms with E-state index in [1.807, 2.05) is 30.3 Å². The van der Waals surface area contributed by atoms with Gasteiger partial charge in [0.2, 0.25) is 5.95 Å². The topological polar surface area (TPSA) is 137 Å². The number of para-hydroxylation sites is 1. The molecule has 1 aromatic carbocycles. The van der Waals surface area contributed by atoms with Gasteiger partial charge in [0.05, 0.1) is 23.9 Å². The molecule has 162 valence electrons. The number of aromatic nitrogens is 5. The maximum absolute atomic E-state index is 9.78. The number of nitrogens with zero attached hydrogens (tertiary/aromatic N) is 5. The highest BCUT2D eigenvalue weighted by molar-refractivity contribution is 5.95. The maximum Gasteiger partial charge on any atom is 0.223 e. The number of anilines is 1. The third kappa shape index (κ3) is 3.89. The number of rotatable bonds is 3. The number of pyridine rings is 1. The molecule has 0 aliphatic heterocycles. The number of aliphatic hydroxyl groups is 1. The molecule has 0 amide bonds. The third-order valence-corrected chi connectivity index (χ3v) is 5.68. The van der Waals surface area contributed by atoms with Gasteiger partial charge in [0.25, 0.3) is 0 Å². The zero-order valence-electron chi connectivity index (χ0n) is 17.9. The van der Waals surface area contributed by atoms with Gasteiger partial charge in [-0.1, -0.05) is 12.1 Å². The molecule has 0 saturated heterocycles. The summed E-state index contributed by atoms with van der Waals surface area (Å²) >= 11 is 0. The number of methoxy groups -OCH3 is 1. The standard InChI is InChI=1S/C12H18N2O.C10H9N5O/c1-11(2,15)9-4-5-10(14-8-9)12(13)6-3-7-12;1-16-7-4-2-3-6-8(7)14-10(11)15-9(6)12-5-13-15/h4-5,8,15H,3,6-7,13H2,1-2H3;2-5H,1H3,(H2,11,14). The van der Waals surface area contributed by atoms with Gasteiger partial charge < -0.3 is 21.3 Å². The number of nitrogen functional groups attached to an aromatic ring is 1. The van der Waals surface area contributed by atoms with Crippen molar-refractivity contribution < 1.29 is 9.84 Å². The second-order valence-electron chi connectivity index (χ2n) is 8.32. The third-order valence-electron chi connectivity index (χ3n) is 5.68. The van der Waals surface area contributed by atoms with E-state index in [-0.39, 0.29) is 5.54 Å². The summed E-state index contributed by atoms with van der Waals surface area (Å²) in [4.78, 5) is 12.8. The second kappa shape index (κ2) is 7.75. The lowest BCUT2D eigenvalue weighted by atomic mass is 9.75. The minimum atomic E-state index is -0.826. The van der Waals surface area contributed by atoms with Crippen LogP contribution < -0.4 is 16.2 Å². The van der Waals surface area contributed by atoms with Crippen LogP contribution in [-0.4, -0.2) is 36.8 Å². The van der Waals surface area contributed by atoms with Crippen LogP contribution in [0.2, 0.25) is 0 Å². The molecule has 0 bridgehead atoms. The molecular formula is C22H27N7O2. The summed E-state index contributed by atoms with van der Waals surface area (Å²) in [6, 6.07) is 9.48. The van der Waals surface area contributed by atoms with Crippen LogP contribution in [0, 0.1) is 0 Å². The van der Waals surface area contributed by atoms with Crippen LogP contribution in [0.25, 0.3) is 16.6 Å². The van der Waals surface area contributed by atoms with Crippen molar-refractivity contribution in [3.05, 3.63) is 54.1 Å². The fourth-order valence-corrected chi connectivity index (χ4v) is 3.60. The Morgan fingerprint density at radius 1 is 1.16 bits per heavy atom. The van der Waals surface area contributed by atoms with Crippen LogP contribution in [0.4, 0.5) is 5.95 Å². The quantitative estimate of drug-likeness (QED) is 0.459. The van der Waals surface area contributed by atoms with Crippen molar-refractivity contribution in [3.8, 4) is 5.75 Å². The Bertz CT molecular complexity index is 1210. The summed E-state index contributed by atoms with van der Waals surface area (Å²) in [5, 5.41) is 14.7. The van der Waals surface area contributed by atoms with Crippen LogP contribution in [0.3, 0.4) is 0 Å². The van der Waals surface area contributed by atoms with Gasteiger partial charge in [0.1, 0.15) is 17.6 Å². The number of hydrogen-bond donors (Lipinski definition) is 3. The number of fused-ring (bicyclic) bond motifs is 3. The summed E-state index contributed by atoms with van der Waals surface area (Å²) < 4.78 is 6.73. The van der Waals surface area contributed by atoms with E-state index in [1.165, 1.54) is 17.3 Å². The fraction of sp³-hybridized carbons (Fsp3) is 0.364. The lowest BCUT2D eigenvalue weighted by molar-refractivity contribution is 0.0780. The Morgan fingerprint density at radius 2 is 1.94 bits per heavy atom. The normalized spacial score (nSPS) is 15.3. The van der Waals surface area contributed by atoms with Crippen molar-refractivity contribution in [2.75, 3.05) is 12.8 Å². The van der Waals surface area contributed by atoms with Gasteiger partial charge in [0, 0.05) is 17.1 Å². The Labute approximate surface area is 180 Å². The van der Waals surface area contributed by atoms with E-state index >= 15 is 0 Å². The van der Waals surface area contributed by atoms with E-state index in [0.29, 0.717) is 22.9 Å². The van der Waals surface area contributed by atoms with Gasteiger partial charge in [-0.15, -0.1) is 0 Å². The van der Waals surface area contributed by atoms with Crippen molar-refractivity contribution in [3.63, 3.8) is 0 Å². The second-order valence-corrected chi connectivity index (χ2v) is 8.32. The van der Waals surface area contributed by atoms with Gasteiger partial charge in [-0.25, -0.2) is 9.97 Å². The SMILES string of the molecule is CC(C)(O)c1ccc(C2(N)CCC2)nc1.COc1cccc2c1nc(N)n1ncnc21. The first-order valence-electron chi connectivity index (χ1n) is 10.1. The summed E-state index contributed by atoms with van der Waals surface area (Å²) in [5.74, 6) is 0.971. The van der Waals surface area contributed by atoms with Crippen molar-refractivity contribution in [1.82, 2.24) is 24.6 Å². The highest BCUT2D eigenvalue weighted by Gasteiger charge is 2.35. The molecule has 0 radical (unpaired) electrons. The first-order valence-corrected chi connectivity index (χ1v) is 10.1. The molecule has 3 aromatic heterocycles. The fourth-order valence-electron chi connectivity index (χ4n) is 3.60. The van der Waals surface area contributed by atoms with Gasteiger partial charge in [0.15, 0.2) is 5.65 Å². The van der Waals surface area contributed by atoms with E-state index in [4.69, 9.17) is 16.2 Å². The molecule has 0 atom stereocenters. The Kier molecular flexibility index (Phi) is 5.24. The van der Waals surface area contributed by atoms with Crippen molar-refractivity contribution >= 4 is 22.5 Å². The van der Waals surface area contributed by atoms with E-state index in [2.05, 4.69) is 20.1 Å². The van der Waals surface area contributed by atoms with Gasteiger partial charge in [-0.05, 0) is 51.3 Å². The number of nitrogens with two attached hydrogens (primary N) is 2. The minimum absolute atomic E-state index is 0.210. The lowest BCUT2D eigenvalue weighted by Gasteiger charge is -2.37. The average Bonchev–Trinajstić information content (AvgIpc) is 3.23. The van der Waals surface area contributed by atoms with Crippen LogP contribution in [-0.2, 0) is 11.1 Å². The minimum Gasteiger partial charge on any atom is -0.494 e. The molecule has 1 aliphatic rings. The largest absolute Gasteiger partial charge is 0.494 e. The lowest BCUT2D eigenvalue weighted by Crippen LogP contribution is -2.44. The van der Waals surface area contributed by atoms with E-state index in [1.54, 1.807) is 27.2 Å². The summed E-state index contributed by atoms with van der Waals surface area (Å²) in [7, 11) is 1.60. The molecule has 1 saturated carbocycles. The molecule has 3 heterocycles. The van der Waals surface area contributed by atoms with Gasteiger partial charge >= 0.3 is 0 Å². The van der Waals surface area contributed by atoms with Crippen molar-refractivity contribution in [2.24, 2.45) is 5.73 Å². The molecule has 9 nitrogen and oxygen atoms in total.